The van der Waals surface area contributed by atoms with Crippen molar-refractivity contribution in [3.8, 4) is 6.07 Å². The zero-order valence-corrected chi connectivity index (χ0v) is 12.0. The number of carbonyl (C=O) groups excluding carboxylic acids is 1. The van der Waals surface area contributed by atoms with Gasteiger partial charge in [-0.05, 0) is 31.0 Å². The van der Waals surface area contributed by atoms with E-state index in [-0.39, 0.29) is 6.03 Å². The maximum atomic E-state index is 12.1. The van der Waals surface area contributed by atoms with E-state index >= 15 is 0 Å². The summed E-state index contributed by atoms with van der Waals surface area (Å²) in [5.74, 6) is 0. The minimum Gasteiger partial charge on any atom is -0.319 e. The number of urea groups is 1. The molecule has 1 saturated carbocycles. The number of hydrogen-bond donors (Lipinski definition) is 2. The minimum atomic E-state index is -0.737. The summed E-state index contributed by atoms with van der Waals surface area (Å²) in [6.45, 7) is 0. The number of rotatable bonds is 2. The SMILES string of the molecule is N#CC1(NC(=O)Nc2cccc(Cl)c2)CCCCCC1. The molecule has 1 aromatic rings. The summed E-state index contributed by atoms with van der Waals surface area (Å²) < 4.78 is 0. The van der Waals surface area contributed by atoms with Crippen molar-refractivity contribution >= 4 is 23.3 Å². The summed E-state index contributed by atoms with van der Waals surface area (Å²) in [7, 11) is 0. The Balaban J connectivity index is 2.00. The molecule has 0 spiro atoms. The number of benzene rings is 1. The van der Waals surface area contributed by atoms with Gasteiger partial charge in [-0.3, -0.25) is 0 Å². The fraction of sp³-hybridized carbons (Fsp3) is 0.467. The molecule has 1 fully saturated rings. The fourth-order valence-electron chi connectivity index (χ4n) is 2.54. The number of anilines is 1. The molecule has 1 aliphatic rings. The van der Waals surface area contributed by atoms with Gasteiger partial charge in [-0.15, -0.1) is 0 Å². The highest BCUT2D eigenvalue weighted by Crippen LogP contribution is 2.26. The summed E-state index contributed by atoms with van der Waals surface area (Å²) >= 11 is 5.87. The van der Waals surface area contributed by atoms with Crippen molar-refractivity contribution in [2.75, 3.05) is 5.32 Å². The van der Waals surface area contributed by atoms with E-state index in [2.05, 4.69) is 16.7 Å². The molecule has 0 bridgehead atoms. The normalized spacial score (nSPS) is 17.6. The van der Waals surface area contributed by atoms with Crippen LogP contribution in [0.3, 0.4) is 0 Å². The molecule has 0 aromatic heterocycles. The summed E-state index contributed by atoms with van der Waals surface area (Å²) in [6, 6.07) is 8.88. The average Bonchev–Trinajstić information content (AvgIpc) is 2.65. The molecule has 2 amide bonds. The molecular formula is C15H18ClN3O. The van der Waals surface area contributed by atoms with Crippen LogP contribution in [-0.4, -0.2) is 11.6 Å². The van der Waals surface area contributed by atoms with Crippen molar-refractivity contribution in [1.29, 1.82) is 5.26 Å². The lowest BCUT2D eigenvalue weighted by Crippen LogP contribution is -2.48. The van der Waals surface area contributed by atoms with Crippen molar-refractivity contribution < 1.29 is 4.79 Å². The van der Waals surface area contributed by atoms with Crippen LogP contribution in [0.25, 0.3) is 0 Å². The molecule has 2 N–H and O–H groups in total. The Hall–Kier alpha value is -1.73. The standard InChI is InChI=1S/C15H18ClN3O/c16-12-6-5-7-13(10-12)18-14(20)19-15(11-17)8-3-1-2-4-9-15/h5-7,10H,1-4,8-9H2,(H2,18,19,20). The molecule has 20 heavy (non-hydrogen) atoms. The van der Waals surface area contributed by atoms with E-state index in [0.29, 0.717) is 23.6 Å². The van der Waals surface area contributed by atoms with E-state index in [0.717, 1.165) is 25.7 Å². The van der Waals surface area contributed by atoms with E-state index < -0.39 is 5.54 Å². The first-order chi connectivity index (χ1) is 9.63. The second-order valence-corrected chi connectivity index (χ2v) is 5.63. The zero-order chi connectivity index (χ0) is 14.4. The second-order valence-electron chi connectivity index (χ2n) is 5.20. The number of nitrogens with zero attached hydrogens (tertiary/aromatic N) is 1. The highest BCUT2D eigenvalue weighted by atomic mass is 35.5. The number of halogens is 1. The number of amides is 2. The van der Waals surface area contributed by atoms with E-state index in [9.17, 15) is 10.1 Å². The Labute approximate surface area is 124 Å². The summed E-state index contributed by atoms with van der Waals surface area (Å²) in [5.41, 5.74) is -0.115. The Bertz CT molecular complexity index is 516. The molecule has 5 heteroatoms. The van der Waals surface area contributed by atoms with Gasteiger partial charge in [-0.1, -0.05) is 43.4 Å². The van der Waals surface area contributed by atoms with Crippen molar-refractivity contribution in [2.45, 2.75) is 44.1 Å². The number of hydrogen-bond acceptors (Lipinski definition) is 2. The first-order valence-corrected chi connectivity index (χ1v) is 7.27. The van der Waals surface area contributed by atoms with Crippen LogP contribution in [0.4, 0.5) is 10.5 Å². The molecule has 0 heterocycles. The monoisotopic (exact) mass is 291 g/mol. The molecule has 0 aliphatic heterocycles. The largest absolute Gasteiger partial charge is 0.320 e. The van der Waals surface area contributed by atoms with E-state index in [1.165, 1.54) is 0 Å². The van der Waals surface area contributed by atoms with Gasteiger partial charge >= 0.3 is 6.03 Å². The first-order valence-electron chi connectivity index (χ1n) is 6.90. The lowest BCUT2D eigenvalue weighted by Gasteiger charge is -2.26. The van der Waals surface area contributed by atoms with Gasteiger partial charge in [0.15, 0.2) is 0 Å². The van der Waals surface area contributed by atoms with E-state index in [4.69, 9.17) is 11.6 Å². The number of nitrogens with one attached hydrogen (secondary N) is 2. The molecule has 0 atom stereocenters. The van der Waals surface area contributed by atoms with Crippen molar-refractivity contribution in [3.05, 3.63) is 29.3 Å². The summed E-state index contributed by atoms with van der Waals surface area (Å²) in [6.07, 6.45) is 5.64. The van der Waals surface area contributed by atoms with Crippen LogP contribution in [0.15, 0.2) is 24.3 Å². The Morgan fingerprint density at radius 2 is 1.95 bits per heavy atom. The molecular weight excluding hydrogens is 274 g/mol. The van der Waals surface area contributed by atoms with Crippen LogP contribution < -0.4 is 10.6 Å². The third-order valence-corrected chi connectivity index (χ3v) is 3.84. The van der Waals surface area contributed by atoms with Gasteiger partial charge in [0.05, 0.1) is 6.07 Å². The highest BCUT2D eigenvalue weighted by molar-refractivity contribution is 6.30. The molecule has 2 rings (SSSR count). The van der Waals surface area contributed by atoms with Crippen LogP contribution >= 0.6 is 11.6 Å². The van der Waals surface area contributed by atoms with Gasteiger partial charge in [0.2, 0.25) is 0 Å². The maximum Gasteiger partial charge on any atom is 0.320 e. The second kappa shape index (κ2) is 6.62. The quantitative estimate of drug-likeness (QED) is 0.806. The van der Waals surface area contributed by atoms with Crippen LogP contribution in [-0.2, 0) is 0 Å². The zero-order valence-electron chi connectivity index (χ0n) is 11.3. The smallest absolute Gasteiger partial charge is 0.319 e. The Kier molecular flexibility index (Phi) is 4.86. The van der Waals surface area contributed by atoms with Crippen molar-refractivity contribution in [1.82, 2.24) is 5.32 Å². The molecule has 0 unspecified atom stereocenters. The van der Waals surface area contributed by atoms with Crippen molar-refractivity contribution in [3.63, 3.8) is 0 Å². The van der Waals surface area contributed by atoms with Gasteiger partial charge < -0.3 is 10.6 Å². The average molecular weight is 292 g/mol. The molecule has 1 aromatic carbocycles. The van der Waals surface area contributed by atoms with E-state index in [1.807, 2.05) is 0 Å². The third-order valence-electron chi connectivity index (χ3n) is 3.61. The van der Waals surface area contributed by atoms with Gasteiger partial charge in [0, 0.05) is 10.7 Å². The predicted molar refractivity (Wildman–Crippen MR) is 79.7 cm³/mol. The molecule has 4 nitrogen and oxygen atoms in total. The summed E-state index contributed by atoms with van der Waals surface area (Å²) in [4.78, 5) is 12.1. The lowest BCUT2D eigenvalue weighted by molar-refractivity contribution is 0.240. The van der Waals surface area contributed by atoms with Crippen molar-refractivity contribution in [2.24, 2.45) is 0 Å². The molecule has 0 saturated heterocycles. The minimum absolute atomic E-state index is 0.351. The topological polar surface area (TPSA) is 64.9 Å². The van der Waals surface area contributed by atoms with Gasteiger partial charge in [-0.25, -0.2) is 4.79 Å². The fourth-order valence-corrected chi connectivity index (χ4v) is 2.73. The van der Waals surface area contributed by atoms with Crippen LogP contribution in [0.2, 0.25) is 5.02 Å². The van der Waals surface area contributed by atoms with E-state index in [1.54, 1.807) is 24.3 Å². The third kappa shape index (κ3) is 3.88. The van der Waals surface area contributed by atoms with Gasteiger partial charge in [0.1, 0.15) is 5.54 Å². The number of carbonyl (C=O) groups is 1. The lowest BCUT2D eigenvalue weighted by atomic mass is 9.92. The van der Waals surface area contributed by atoms with Gasteiger partial charge in [0.25, 0.3) is 0 Å². The first kappa shape index (κ1) is 14.7. The molecule has 1 aliphatic carbocycles. The summed E-state index contributed by atoms with van der Waals surface area (Å²) in [5, 5.41) is 15.5. The molecule has 106 valence electrons. The van der Waals surface area contributed by atoms with Crippen LogP contribution in [0.5, 0.6) is 0 Å². The number of nitriles is 1. The van der Waals surface area contributed by atoms with Gasteiger partial charge in [-0.2, -0.15) is 5.26 Å². The predicted octanol–water partition coefficient (Wildman–Crippen LogP) is 4.08. The van der Waals surface area contributed by atoms with Crippen LogP contribution in [0, 0.1) is 11.3 Å². The Morgan fingerprint density at radius 3 is 2.55 bits per heavy atom. The molecule has 0 radical (unpaired) electrons. The van der Waals surface area contributed by atoms with Crippen LogP contribution in [0.1, 0.15) is 38.5 Å². The maximum absolute atomic E-state index is 12.1. The Morgan fingerprint density at radius 1 is 1.25 bits per heavy atom. The highest BCUT2D eigenvalue weighted by Gasteiger charge is 2.32.